The fourth-order valence-electron chi connectivity index (χ4n) is 3.08. The van der Waals surface area contributed by atoms with E-state index in [1.54, 1.807) is 19.2 Å². The molecule has 0 bridgehead atoms. The first-order chi connectivity index (χ1) is 12.8. The van der Waals surface area contributed by atoms with Crippen molar-refractivity contribution in [1.82, 2.24) is 10.2 Å². The van der Waals surface area contributed by atoms with E-state index in [9.17, 15) is 4.79 Å². The Kier molecular flexibility index (Phi) is 6.46. The molecule has 1 saturated heterocycles. The Morgan fingerprint density at radius 2 is 1.81 bits per heavy atom. The van der Waals surface area contributed by atoms with Crippen LogP contribution in [0.4, 0.5) is 4.79 Å². The van der Waals surface area contributed by atoms with Crippen LogP contribution in [0.15, 0.2) is 54.6 Å². The van der Waals surface area contributed by atoms with Gasteiger partial charge in [-0.2, -0.15) is 0 Å². The number of benzene rings is 2. The van der Waals surface area contributed by atoms with Crippen molar-refractivity contribution >= 4 is 6.09 Å². The van der Waals surface area contributed by atoms with E-state index in [1.807, 2.05) is 42.5 Å². The minimum atomic E-state index is -0.468. The van der Waals surface area contributed by atoms with Gasteiger partial charge in [-0.25, -0.2) is 4.79 Å². The maximum Gasteiger partial charge on any atom is 0.412 e. The molecule has 0 radical (unpaired) electrons. The number of carbonyl (C=O) groups excluding carboxylic acids is 1. The highest BCUT2D eigenvalue weighted by Gasteiger charge is 2.25. The summed E-state index contributed by atoms with van der Waals surface area (Å²) in [4.78, 5) is 14.5. The largest absolute Gasteiger partial charge is 0.496 e. The lowest BCUT2D eigenvalue weighted by atomic mass is 10.0. The average molecular weight is 356 g/mol. The van der Waals surface area contributed by atoms with E-state index in [-0.39, 0.29) is 6.04 Å². The molecular weight excluding hydrogens is 332 g/mol. The molecule has 6 heteroatoms. The van der Waals surface area contributed by atoms with Crippen molar-refractivity contribution in [3.63, 3.8) is 0 Å². The molecule has 0 aliphatic carbocycles. The van der Waals surface area contributed by atoms with Crippen LogP contribution in [0.2, 0.25) is 0 Å². The van der Waals surface area contributed by atoms with E-state index in [4.69, 9.17) is 14.2 Å². The summed E-state index contributed by atoms with van der Waals surface area (Å²) in [5.41, 5.74) is 1.04. The minimum absolute atomic E-state index is 0.0154. The molecule has 1 N–H and O–H groups in total. The number of nitrogens with one attached hydrogen (secondary N) is 1. The van der Waals surface area contributed by atoms with Gasteiger partial charge in [0.05, 0.1) is 26.4 Å². The predicted octanol–water partition coefficient (Wildman–Crippen LogP) is 2.86. The van der Waals surface area contributed by atoms with Crippen molar-refractivity contribution < 1.29 is 19.0 Å². The van der Waals surface area contributed by atoms with Crippen LogP contribution in [0.5, 0.6) is 11.5 Å². The van der Waals surface area contributed by atoms with Crippen LogP contribution < -0.4 is 14.8 Å². The minimum Gasteiger partial charge on any atom is -0.496 e. The summed E-state index contributed by atoms with van der Waals surface area (Å²) < 4.78 is 16.3. The zero-order chi connectivity index (χ0) is 18.2. The summed E-state index contributed by atoms with van der Waals surface area (Å²) in [7, 11) is 1.66. The third-order valence-corrected chi connectivity index (χ3v) is 4.38. The summed E-state index contributed by atoms with van der Waals surface area (Å²) in [5.74, 6) is 1.33. The topological polar surface area (TPSA) is 60.0 Å². The van der Waals surface area contributed by atoms with Gasteiger partial charge in [0.1, 0.15) is 11.5 Å². The second kappa shape index (κ2) is 9.22. The van der Waals surface area contributed by atoms with Gasteiger partial charge in [-0.05, 0) is 18.2 Å². The van der Waals surface area contributed by atoms with Gasteiger partial charge in [0.25, 0.3) is 0 Å². The zero-order valence-corrected chi connectivity index (χ0v) is 14.9. The number of carbonyl (C=O) groups is 1. The summed E-state index contributed by atoms with van der Waals surface area (Å²) >= 11 is 0. The van der Waals surface area contributed by atoms with E-state index in [1.165, 1.54) is 0 Å². The van der Waals surface area contributed by atoms with Gasteiger partial charge in [0, 0.05) is 25.2 Å². The number of para-hydroxylation sites is 2. The molecule has 1 atom stereocenters. The average Bonchev–Trinajstić information content (AvgIpc) is 2.70. The second-order valence-corrected chi connectivity index (χ2v) is 5.99. The van der Waals surface area contributed by atoms with Crippen LogP contribution >= 0.6 is 0 Å². The number of nitrogens with zero attached hydrogens (tertiary/aromatic N) is 1. The van der Waals surface area contributed by atoms with Crippen molar-refractivity contribution in [2.45, 2.75) is 6.04 Å². The van der Waals surface area contributed by atoms with Crippen molar-refractivity contribution in [2.24, 2.45) is 0 Å². The molecular formula is C20H24N2O4. The molecule has 1 amide bonds. The summed E-state index contributed by atoms with van der Waals surface area (Å²) in [6, 6.07) is 16.9. The molecule has 0 spiro atoms. The SMILES string of the molecule is COc1ccccc1C(CNC(=O)Oc1ccccc1)N1CCOCC1. The smallest absolute Gasteiger partial charge is 0.412 e. The highest BCUT2D eigenvalue weighted by Crippen LogP contribution is 2.29. The Hall–Kier alpha value is -2.57. The lowest BCUT2D eigenvalue weighted by molar-refractivity contribution is 0.0159. The van der Waals surface area contributed by atoms with Crippen molar-refractivity contribution in [1.29, 1.82) is 0 Å². The number of rotatable bonds is 6. The lowest BCUT2D eigenvalue weighted by Crippen LogP contribution is -2.44. The molecule has 0 saturated carbocycles. The first-order valence-electron chi connectivity index (χ1n) is 8.73. The molecule has 26 heavy (non-hydrogen) atoms. The fraction of sp³-hybridized carbons (Fsp3) is 0.350. The van der Waals surface area contributed by atoms with E-state index < -0.39 is 6.09 Å². The summed E-state index contributed by atoms with van der Waals surface area (Å²) in [5, 5.41) is 2.88. The molecule has 0 aromatic heterocycles. The van der Waals surface area contributed by atoms with Crippen LogP contribution in [0, 0.1) is 0 Å². The summed E-state index contributed by atoms with van der Waals surface area (Å²) in [6.07, 6.45) is -0.468. The Balaban J connectivity index is 1.70. The molecule has 1 fully saturated rings. The highest BCUT2D eigenvalue weighted by atomic mass is 16.6. The molecule has 2 aromatic carbocycles. The van der Waals surface area contributed by atoms with Crippen molar-refractivity contribution in [2.75, 3.05) is 40.0 Å². The van der Waals surface area contributed by atoms with E-state index in [2.05, 4.69) is 10.2 Å². The molecule has 1 aliphatic rings. The quantitative estimate of drug-likeness (QED) is 0.862. The van der Waals surface area contributed by atoms with Gasteiger partial charge in [0.2, 0.25) is 0 Å². The molecule has 6 nitrogen and oxygen atoms in total. The Labute approximate surface area is 153 Å². The van der Waals surface area contributed by atoms with Gasteiger partial charge in [0.15, 0.2) is 0 Å². The normalized spacial score (nSPS) is 15.9. The molecule has 138 valence electrons. The maximum absolute atomic E-state index is 12.2. The van der Waals surface area contributed by atoms with Crippen molar-refractivity contribution in [3.8, 4) is 11.5 Å². The van der Waals surface area contributed by atoms with Gasteiger partial charge >= 0.3 is 6.09 Å². The molecule has 3 rings (SSSR count). The maximum atomic E-state index is 12.2. The van der Waals surface area contributed by atoms with Crippen LogP contribution in [0.25, 0.3) is 0 Å². The van der Waals surface area contributed by atoms with E-state index in [0.29, 0.717) is 25.5 Å². The van der Waals surface area contributed by atoms with Crippen LogP contribution in [0.1, 0.15) is 11.6 Å². The zero-order valence-electron chi connectivity index (χ0n) is 14.9. The Morgan fingerprint density at radius 1 is 1.12 bits per heavy atom. The van der Waals surface area contributed by atoms with E-state index in [0.717, 1.165) is 24.4 Å². The number of morpholine rings is 1. The third-order valence-electron chi connectivity index (χ3n) is 4.38. The van der Waals surface area contributed by atoms with Gasteiger partial charge in [-0.1, -0.05) is 36.4 Å². The fourth-order valence-corrected chi connectivity index (χ4v) is 3.08. The highest BCUT2D eigenvalue weighted by molar-refractivity contribution is 5.70. The Morgan fingerprint density at radius 3 is 2.54 bits per heavy atom. The second-order valence-electron chi connectivity index (χ2n) is 5.99. The number of methoxy groups -OCH3 is 1. The predicted molar refractivity (Wildman–Crippen MR) is 98.6 cm³/mol. The van der Waals surface area contributed by atoms with Crippen LogP contribution in [0.3, 0.4) is 0 Å². The van der Waals surface area contributed by atoms with Gasteiger partial charge < -0.3 is 19.5 Å². The Bertz CT molecular complexity index is 702. The molecule has 1 unspecified atom stereocenters. The lowest BCUT2D eigenvalue weighted by Gasteiger charge is -2.35. The third kappa shape index (κ3) is 4.74. The van der Waals surface area contributed by atoms with Crippen LogP contribution in [-0.2, 0) is 4.74 Å². The van der Waals surface area contributed by atoms with Crippen molar-refractivity contribution in [3.05, 3.63) is 60.2 Å². The molecule has 2 aromatic rings. The van der Waals surface area contributed by atoms with Gasteiger partial charge in [-0.15, -0.1) is 0 Å². The molecule has 1 heterocycles. The first-order valence-corrected chi connectivity index (χ1v) is 8.73. The van der Waals surface area contributed by atoms with E-state index >= 15 is 0 Å². The number of hydrogen-bond donors (Lipinski definition) is 1. The number of hydrogen-bond acceptors (Lipinski definition) is 5. The first kappa shape index (κ1) is 18.2. The molecule has 1 aliphatic heterocycles. The van der Waals surface area contributed by atoms with Gasteiger partial charge in [-0.3, -0.25) is 4.90 Å². The number of amides is 1. The standard InChI is InChI=1S/C20H24N2O4/c1-24-19-10-6-5-9-17(19)18(22-11-13-25-14-12-22)15-21-20(23)26-16-7-3-2-4-8-16/h2-10,18H,11-15H2,1H3,(H,21,23). The number of ether oxygens (including phenoxy) is 3. The monoisotopic (exact) mass is 356 g/mol. The van der Waals surface area contributed by atoms with Crippen LogP contribution in [-0.4, -0.2) is 51.0 Å². The summed E-state index contributed by atoms with van der Waals surface area (Å²) in [6.45, 7) is 3.39.